The number of hydrogen-bond donors (Lipinski definition) is 1. The van der Waals surface area contributed by atoms with Gasteiger partial charge >= 0.3 is 6.18 Å². The molecular weight excluding hydrogens is 532 g/mol. The predicted octanol–water partition coefficient (Wildman–Crippen LogP) is 6.43. The van der Waals surface area contributed by atoms with Crippen LogP contribution in [0.3, 0.4) is 0 Å². The fourth-order valence-electron chi connectivity index (χ4n) is 2.69. The van der Waals surface area contributed by atoms with Gasteiger partial charge in [-0.2, -0.15) is 18.4 Å². The van der Waals surface area contributed by atoms with Crippen LogP contribution < -0.4 is 10.1 Å². The van der Waals surface area contributed by atoms with Crippen LogP contribution in [0.2, 0.25) is 0 Å². The summed E-state index contributed by atoms with van der Waals surface area (Å²) in [6.07, 6.45) is -3.18. The average molecular weight is 548 g/mol. The Kier molecular flexibility index (Phi) is 7.53. The number of anilines is 1. The smallest absolute Gasteiger partial charge is 0.416 e. The van der Waals surface area contributed by atoms with Gasteiger partial charge in [-0.1, -0.05) is 30.3 Å². The van der Waals surface area contributed by atoms with Crippen molar-refractivity contribution in [1.82, 2.24) is 0 Å². The zero-order chi connectivity index (χ0) is 23.1. The number of nitrogens with zero attached hydrogens (tertiary/aromatic N) is 1. The topological polar surface area (TPSA) is 62.1 Å². The first-order valence-corrected chi connectivity index (χ1v) is 10.4. The van der Waals surface area contributed by atoms with E-state index in [-0.39, 0.29) is 11.3 Å². The highest BCUT2D eigenvalue weighted by Gasteiger charge is 2.30. The van der Waals surface area contributed by atoms with E-state index in [1.54, 1.807) is 30.3 Å². The van der Waals surface area contributed by atoms with Crippen molar-refractivity contribution in [2.75, 3.05) is 5.32 Å². The van der Waals surface area contributed by atoms with Crippen LogP contribution in [-0.2, 0) is 17.6 Å². The van der Waals surface area contributed by atoms with Crippen molar-refractivity contribution in [2.45, 2.75) is 12.8 Å². The van der Waals surface area contributed by atoms with Gasteiger partial charge in [0.05, 0.1) is 5.56 Å². The van der Waals surface area contributed by atoms with Gasteiger partial charge in [0.2, 0.25) is 0 Å². The van der Waals surface area contributed by atoms with Gasteiger partial charge in [0.15, 0.2) is 0 Å². The molecule has 0 radical (unpaired) electrons. The maximum atomic E-state index is 12.8. The minimum atomic E-state index is -4.53. The standard InChI is InChI=1S/C24H16F3IN2O2/c25-24(26,27)19-2-1-3-21(13-19)30-23(31)18(14-29)12-16-6-10-22(11-7-16)32-15-17-4-8-20(28)9-5-17/h1-13H,15H2,(H,30,31)/b18-12-. The van der Waals surface area contributed by atoms with E-state index in [0.29, 0.717) is 17.9 Å². The number of carbonyl (C=O) groups is 1. The molecule has 0 unspecified atom stereocenters. The van der Waals surface area contributed by atoms with Crippen molar-refractivity contribution in [3.05, 3.63) is 98.6 Å². The Hall–Kier alpha value is -3.32. The van der Waals surface area contributed by atoms with Crippen LogP contribution in [0.1, 0.15) is 16.7 Å². The van der Waals surface area contributed by atoms with Crippen LogP contribution in [0.25, 0.3) is 6.08 Å². The van der Waals surface area contributed by atoms with E-state index < -0.39 is 17.6 Å². The minimum Gasteiger partial charge on any atom is -0.489 e. The summed E-state index contributed by atoms with van der Waals surface area (Å²) in [4.78, 5) is 12.4. The number of hydrogen-bond acceptors (Lipinski definition) is 3. The van der Waals surface area contributed by atoms with E-state index in [9.17, 15) is 23.2 Å². The molecule has 0 heterocycles. The highest BCUT2D eigenvalue weighted by molar-refractivity contribution is 14.1. The maximum Gasteiger partial charge on any atom is 0.416 e. The zero-order valence-electron chi connectivity index (χ0n) is 16.5. The second-order valence-corrected chi connectivity index (χ2v) is 7.93. The Labute approximate surface area is 196 Å². The molecule has 1 amide bonds. The summed E-state index contributed by atoms with van der Waals surface area (Å²) in [5.41, 5.74) is 0.411. The number of ether oxygens (including phenoxy) is 1. The molecule has 8 heteroatoms. The van der Waals surface area contributed by atoms with Crippen molar-refractivity contribution in [3.8, 4) is 11.8 Å². The van der Waals surface area contributed by atoms with E-state index in [1.807, 2.05) is 24.3 Å². The first-order chi connectivity index (χ1) is 15.2. The van der Waals surface area contributed by atoms with E-state index >= 15 is 0 Å². The molecule has 1 N–H and O–H groups in total. The largest absolute Gasteiger partial charge is 0.489 e. The molecule has 32 heavy (non-hydrogen) atoms. The molecule has 0 aliphatic rings. The van der Waals surface area contributed by atoms with E-state index in [0.717, 1.165) is 21.3 Å². The zero-order valence-corrected chi connectivity index (χ0v) is 18.6. The van der Waals surface area contributed by atoms with Crippen LogP contribution in [0, 0.1) is 14.9 Å². The number of carbonyl (C=O) groups excluding carboxylic acids is 1. The second kappa shape index (κ2) is 10.3. The lowest BCUT2D eigenvalue weighted by molar-refractivity contribution is -0.137. The van der Waals surface area contributed by atoms with E-state index in [2.05, 4.69) is 27.9 Å². The summed E-state index contributed by atoms with van der Waals surface area (Å²) in [5.74, 6) is -0.182. The van der Waals surface area contributed by atoms with Crippen molar-refractivity contribution < 1.29 is 22.7 Å². The molecule has 0 atom stereocenters. The molecule has 4 nitrogen and oxygen atoms in total. The fourth-order valence-corrected chi connectivity index (χ4v) is 3.05. The summed E-state index contributed by atoms with van der Waals surface area (Å²) in [5, 5.41) is 11.6. The van der Waals surface area contributed by atoms with Crippen molar-refractivity contribution in [2.24, 2.45) is 0 Å². The van der Waals surface area contributed by atoms with Crippen LogP contribution in [0.15, 0.2) is 78.4 Å². The molecule has 0 fully saturated rings. The molecule has 162 valence electrons. The molecule has 3 aromatic carbocycles. The first kappa shape index (κ1) is 23.3. The molecule has 0 bridgehead atoms. The van der Waals surface area contributed by atoms with Crippen LogP contribution in [-0.4, -0.2) is 5.91 Å². The summed E-state index contributed by atoms with van der Waals surface area (Å²) >= 11 is 2.22. The van der Waals surface area contributed by atoms with E-state index in [1.165, 1.54) is 18.2 Å². The predicted molar refractivity (Wildman–Crippen MR) is 124 cm³/mol. The van der Waals surface area contributed by atoms with Gasteiger partial charge in [-0.15, -0.1) is 0 Å². The average Bonchev–Trinajstić information content (AvgIpc) is 2.77. The number of halogens is 4. The molecule has 3 rings (SSSR count). The molecule has 0 saturated heterocycles. The normalized spacial score (nSPS) is 11.5. The maximum absolute atomic E-state index is 12.8. The molecular formula is C24H16F3IN2O2. The van der Waals surface area contributed by atoms with Crippen molar-refractivity contribution in [3.63, 3.8) is 0 Å². The van der Waals surface area contributed by atoms with Gasteiger partial charge in [0.25, 0.3) is 5.91 Å². The molecule has 0 aliphatic heterocycles. The van der Waals surface area contributed by atoms with Gasteiger partial charge in [0.1, 0.15) is 24.0 Å². The lowest BCUT2D eigenvalue weighted by Gasteiger charge is -2.09. The molecule has 0 aliphatic carbocycles. The molecule has 3 aromatic rings. The third-order valence-corrected chi connectivity index (χ3v) is 5.04. The fraction of sp³-hybridized carbons (Fsp3) is 0.0833. The summed E-state index contributed by atoms with van der Waals surface area (Å²) in [6, 6.07) is 20.7. The number of rotatable bonds is 6. The summed E-state index contributed by atoms with van der Waals surface area (Å²) < 4.78 is 45.3. The monoisotopic (exact) mass is 548 g/mol. The highest BCUT2D eigenvalue weighted by Crippen LogP contribution is 2.30. The second-order valence-electron chi connectivity index (χ2n) is 6.69. The number of nitrogens with one attached hydrogen (secondary N) is 1. The highest BCUT2D eigenvalue weighted by atomic mass is 127. The Morgan fingerprint density at radius 1 is 1.06 bits per heavy atom. The molecule has 0 spiro atoms. The summed E-state index contributed by atoms with van der Waals surface area (Å²) in [6.45, 7) is 0.398. The number of nitriles is 1. The molecule has 0 aromatic heterocycles. The van der Waals surface area contributed by atoms with Gasteiger partial charge in [-0.25, -0.2) is 0 Å². The third-order valence-electron chi connectivity index (χ3n) is 4.32. The number of amides is 1. The summed E-state index contributed by atoms with van der Waals surface area (Å²) in [7, 11) is 0. The van der Waals surface area contributed by atoms with Gasteiger partial charge in [-0.3, -0.25) is 4.79 Å². The van der Waals surface area contributed by atoms with E-state index in [4.69, 9.17) is 4.74 Å². The Morgan fingerprint density at radius 3 is 2.38 bits per heavy atom. The lowest BCUT2D eigenvalue weighted by Crippen LogP contribution is -2.14. The Balaban J connectivity index is 1.66. The van der Waals surface area contributed by atoms with Crippen LogP contribution in [0.4, 0.5) is 18.9 Å². The Morgan fingerprint density at radius 2 is 1.75 bits per heavy atom. The van der Waals surface area contributed by atoms with Crippen LogP contribution >= 0.6 is 22.6 Å². The third kappa shape index (κ3) is 6.59. The van der Waals surface area contributed by atoms with Gasteiger partial charge in [-0.05, 0) is 82.3 Å². The quantitative estimate of drug-likeness (QED) is 0.219. The lowest BCUT2D eigenvalue weighted by atomic mass is 10.1. The number of alkyl halides is 3. The van der Waals surface area contributed by atoms with Gasteiger partial charge in [0, 0.05) is 9.26 Å². The van der Waals surface area contributed by atoms with Crippen molar-refractivity contribution in [1.29, 1.82) is 5.26 Å². The molecule has 0 saturated carbocycles. The minimum absolute atomic E-state index is 0.0506. The SMILES string of the molecule is N#C/C(=C/c1ccc(OCc2ccc(I)cc2)cc1)C(=O)Nc1cccc(C(F)(F)F)c1. The van der Waals surface area contributed by atoms with Crippen molar-refractivity contribution >= 4 is 40.3 Å². The Bertz CT molecular complexity index is 1170. The van der Waals surface area contributed by atoms with Gasteiger partial charge < -0.3 is 10.1 Å². The van der Waals surface area contributed by atoms with Crippen LogP contribution in [0.5, 0.6) is 5.75 Å². The number of benzene rings is 3. The first-order valence-electron chi connectivity index (χ1n) is 9.32.